The molecule has 28 heavy (non-hydrogen) atoms. The van der Waals surface area contributed by atoms with Gasteiger partial charge in [-0.3, -0.25) is 0 Å². The van der Waals surface area contributed by atoms with Crippen LogP contribution in [0.15, 0.2) is 19.7 Å². The summed E-state index contributed by atoms with van der Waals surface area (Å²) in [5.41, 5.74) is 3.11. The fourth-order valence-corrected chi connectivity index (χ4v) is 7.55. The molecule has 0 aliphatic heterocycles. The fourth-order valence-electron chi connectivity index (χ4n) is 3.99. The Morgan fingerprint density at radius 3 is 1.43 bits per heavy atom. The molecule has 0 aliphatic rings. The van der Waals surface area contributed by atoms with Gasteiger partial charge in [0.05, 0.1) is 7.57 Å². The molecule has 0 nitrogen and oxygen atoms in total. The van der Waals surface area contributed by atoms with Crippen LogP contribution in [-0.4, -0.2) is 0 Å². The van der Waals surface area contributed by atoms with Crippen molar-refractivity contribution in [2.75, 3.05) is 0 Å². The summed E-state index contributed by atoms with van der Waals surface area (Å²) in [6.07, 6.45) is 13.0. The first-order chi connectivity index (χ1) is 13.5. The third kappa shape index (κ3) is 7.25. The molecule has 0 N–H and O–H groups in total. The van der Waals surface area contributed by atoms with Gasteiger partial charge in [0, 0.05) is 9.75 Å². The smallest absolute Gasteiger partial charge is 0.0708 e. The summed E-state index contributed by atoms with van der Waals surface area (Å²) in [5.74, 6) is 1.61. The van der Waals surface area contributed by atoms with Crippen molar-refractivity contribution in [1.29, 1.82) is 0 Å². The number of hydrogen-bond acceptors (Lipinski definition) is 2. The van der Waals surface area contributed by atoms with E-state index < -0.39 is 0 Å². The van der Waals surface area contributed by atoms with Crippen LogP contribution < -0.4 is 0 Å². The Hall–Kier alpha value is 0.360. The molecule has 0 spiro atoms. The SMILES string of the molecule is CCCCC(CC)Cc1cc(Br)sc1-c1sc(Br)cc1CC(CC)CCCC. The van der Waals surface area contributed by atoms with Crippen molar-refractivity contribution in [2.24, 2.45) is 11.8 Å². The second kappa shape index (κ2) is 12.9. The fraction of sp³-hybridized carbons (Fsp3) is 0.667. The minimum atomic E-state index is 0.806. The quantitative estimate of drug-likeness (QED) is 0.234. The van der Waals surface area contributed by atoms with Crippen LogP contribution in [-0.2, 0) is 12.8 Å². The summed E-state index contributed by atoms with van der Waals surface area (Å²) in [7, 11) is 0. The Morgan fingerprint density at radius 1 is 0.714 bits per heavy atom. The molecule has 2 heterocycles. The van der Waals surface area contributed by atoms with E-state index >= 15 is 0 Å². The van der Waals surface area contributed by atoms with Gasteiger partial charge in [0.1, 0.15) is 0 Å². The molecular weight excluding hydrogens is 512 g/mol. The average molecular weight is 548 g/mol. The lowest BCUT2D eigenvalue weighted by Crippen LogP contribution is -2.05. The summed E-state index contributed by atoms with van der Waals surface area (Å²) >= 11 is 11.4. The minimum Gasteiger partial charge on any atom is -0.127 e. The average Bonchev–Trinajstić information content (AvgIpc) is 3.23. The van der Waals surface area contributed by atoms with Gasteiger partial charge in [0.15, 0.2) is 0 Å². The molecule has 0 fully saturated rings. The summed E-state index contributed by atoms with van der Waals surface area (Å²) in [5, 5.41) is 0. The van der Waals surface area contributed by atoms with Crippen LogP contribution in [0, 0.1) is 11.8 Å². The molecule has 2 atom stereocenters. The third-order valence-electron chi connectivity index (χ3n) is 5.87. The Kier molecular flexibility index (Phi) is 11.4. The predicted molar refractivity (Wildman–Crippen MR) is 137 cm³/mol. The zero-order chi connectivity index (χ0) is 20.5. The molecule has 0 aliphatic carbocycles. The van der Waals surface area contributed by atoms with Gasteiger partial charge < -0.3 is 0 Å². The van der Waals surface area contributed by atoms with E-state index in [0.717, 1.165) is 11.8 Å². The predicted octanol–water partition coefficient (Wildman–Crippen LogP) is 10.5. The van der Waals surface area contributed by atoms with Gasteiger partial charge in [-0.2, -0.15) is 0 Å². The molecule has 158 valence electrons. The largest absolute Gasteiger partial charge is 0.127 e. The van der Waals surface area contributed by atoms with Crippen molar-refractivity contribution >= 4 is 54.5 Å². The molecule has 0 radical (unpaired) electrons. The van der Waals surface area contributed by atoms with Gasteiger partial charge in [0.2, 0.25) is 0 Å². The number of thiophene rings is 2. The minimum absolute atomic E-state index is 0.806. The van der Waals surface area contributed by atoms with E-state index in [0.29, 0.717) is 0 Å². The van der Waals surface area contributed by atoms with Crippen molar-refractivity contribution in [3.63, 3.8) is 0 Å². The number of halogens is 2. The van der Waals surface area contributed by atoms with Crippen molar-refractivity contribution in [3.8, 4) is 9.75 Å². The van der Waals surface area contributed by atoms with E-state index in [-0.39, 0.29) is 0 Å². The summed E-state index contributed by atoms with van der Waals surface area (Å²) in [6, 6.07) is 4.78. The standard InChI is InChI=1S/C24H36Br2S2/c1-5-9-11-17(7-3)13-19-15-21(25)27-23(19)24-20(16-22(26)28-24)14-18(8-4)12-10-6-2/h15-18H,5-14H2,1-4H3. The first-order valence-corrected chi connectivity index (χ1v) is 14.3. The highest BCUT2D eigenvalue weighted by atomic mass is 79.9. The molecule has 0 saturated carbocycles. The van der Waals surface area contributed by atoms with Crippen molar-refractivity contribution < 1.29 is 0 Å². The topological polar surface area (TPSA) is 0 Å². The second-order valence-electron chi connectivity index (χ2n) is 8.05. The third-order valence-corrected chi connectivity index (χ3v) is 9.39. The maximum atomic E-state index is 3.79. The Balaban J connectivity index is 2.27. The molecule has 0 amide bonds. The lowest BCUT2D eigenvalue weighted by atomic mass is 9.90. The molecule has 4 heteroatoms. The highest BCUT2D eigenvalue weighted by Crippen LogP contribution is 2.45. The molecule has 2 aromatic rings. The van der Waals surface area contributed by atoms with E-state index in [9.17, 15) is 0 Å². The van der Waals surface area contributed by atoms with Crippen molar-refractivity contribution in [1.82, 2.24) is 0 Å². The Bertz CT molecular complexity index is 641. The highest BCUT2D eigenvalue weighted by molar-refractivity contribution is 9.11. The molecule has 0 saturated heterocycles. The Labute approximate surface area is 197 Å². The van der Waals surface area contributed by atoms with Gasteiger partial charge >= 0.3 is 0 Å². The lowest BCUT2D eigenvalue weighted by molar-refractivity contribution is 0.449. The van der Waals surface area contributed by atoms with E-state index in [4.69, 9.17) is 0 Å². The van der Waals surface area contributed by atoms with E-state index in [1.807, 2.05) is 22.7 Å². The highest BCUT2D eigenvalue weighted by Gasteiger charge is 2.20. The van der Waals surface area contributed by atoms with E-state index in [2.05, 4.69) is 71.7 Å². The van der Waals surface area contributed by atoms with E-state index in [1.54, 1.807) is 11.1 Å². The van der Waals surface area contributed by atoms with Crippen LogP contribution in [0.5, 0.6) is 0 Å². The molecule has 2 unspecified atom stereocenters. The second-order valence-corrected chi connectivity index (χ2v) is 12.9. The van der Waals surface area contributed by atoms with Crippen LogP contribution in [0.2, 0.25) is 0 Å². The maximum absolute atomic E-state index is 3.79. The number of rotatable bonds is 13. The first-order valence-electron chi connectivity index (χ1n) is 11.1. The van der Waals surface area contributed by atoms with E-state index in [1.165, 1.54) is 81.5 Å². The number of unbranched alkanes of at least 4 members (excludes halogenated alkanes) is 2. The molecule has 2 aromatic heterocycles. The van der Waals surface area contributed by atoms with Crippen molar-refractivity contribution in [2.45, 2.75) is 91.9 Å². The van der Waals surface area contributed by atoms with Gasteiger partial charge in [0.25, 0.3) is 0 Å². The zero-order valence-electron chi connectivity index (χ0n) is 18.0. The van der Waals surface area contributed by atoms with Crippen LogP contribution in [0.3, 0.4) is 0 Å². The zero-order valence-corrected chi connectivity index (χ0v) is 22.8. The van der Waals surface area contributed by atoms with Crippen LogP contribution in [0.1, 0.15) is 90.2 Å². The van der Waals surface area contributed by atoms with Crippen LogP contribution in [0.25, 0.3) is 9.75 Å². The van der Waals surface area contributed by atoms with Crippen LogP contribution in [0.4, 0.5) is 0 Å². The molecule has 0 aromatic carbocycles. The molecular formula is C24H36Br2S2. The van der Waals surface area contributed by atoms with Crippen LogP contribution >= 0.6 is 54.5 Å². The molecule has 2 rings (SSSR count). The maximum Gasteiger partial charge on any atom is 0.0708 e. The van der Waals surface area contributed by atoms with Gasteiger partial charge in [-0.25, -0.2) is 0 Å². The lowest BCUT2D eigenvalue weighted by Gasteiger charge is -2.16. The van der Waals surface area contributed by atoms with Gasteiger partial charge in [-0.15, -0.1) is 22.7 Å². The summed E-state index contributed by atoms with van der Waals surface area (Å²) < 4.78 is 2.55. The summed E-state index contributed by atoms with van der Waals surface area (Å²) in [4.78, 5) is 3.02. The molecule has 0 bridgehead atoms. The monoisotopic (exact) mass is 546 g/mol. The van der Waals surface area contributed by atoms with Crippen molar-refractivity contribution in [3.05, 3.63) is 30.8 Å². The first kappa shape index (κ1) is 24.6. The summed E-state index contributed by atoms with van der Waals surface area (Å²) in [6.45, 7) is 9.32. The normalized spacial score (nSPS) is 13.8. The Morgan fingerprint density at radius 2 is 1.11 bits per heavy atom. The van der Waals surface area contributed by atoms with Gasteiger partial charge in [-0.1, -0.05) is 79.1 Å². The number of hydrogen-bond donors (Lipinski definition) is 0. The van der Waals surface area contributed by atoms with Gasteiger partial charge in [-0.05, 0) is 79.8 Å².